The van der Waals surface area contributed by atoms with Crippen molar-refractivity contribution in [3.05, 3.63) is 101 Å². The van der Waals surface area contributed by atoms with Crippen LogP contribution in [0.4, 0.5) is 10.1 Å². The summed E-state index contributed by atoms with van der Waals surface area (Å²) in [5, 5.41) is 6.11. The second kappa shape index (κ2) is 8.90. The van der Waals surface area contributed by atoms with E-state index in [4.69, 9.17) is 4.74 Å². The van der Waals surface area contributed by atoms with Crippen molar-refractivity contribution in [2.24, 2.45) is 0 Å². The van der Waals surface area contributed by atoms with Gasteiger partial charge in [-0.15, -0.1) is 0 Å². The van der Waals surface area contributed by atoms with Crippen molar-refractivity contribution < 1.29 is 18.7 Å². The Bertz CT molecular complexity index is 1250. The minimum Gasteiger partial charge on any atom is -0.497 e. The van der Waals surface area contributed by atoms with Crippen LogP contribution >= 0.6 is 0 Å². The molecule has 3 aromatic carbocycles. The van der Waals surface area contributed by atoms with Gasteiger partial charge in [-0.3, -0.25) is 9.59 Å². The summed E-state index contributed by atoms with van der Waals surface area (Å²) in [5.41, 5.74) is 3.53. The predicted molar refractivity (Wildman–Crippen MR) is 127 cm³/mol. The van der Waals surface area contributed by atoms with Crippen LogP contribution in [0.3, 0.4) is 0 Å². The Balaban J connectivity index is 1.55. The summed E-state index contributed by atoms with van der Waals surface area (Å²) in [6.45, 7) is 4.18. The van der Waals surface area contributed by atoms with E-state index in [-0.39, 0.29) is 16.9 Å². The molecule has 168 valence electrons. The van der Waals surface area contributed by atoms with Gasteiger partial charge < -0.3 is 15.4 Å². The molecule has 0 saturated heterocycles. The summed E-state index contributed by atoms with van der Waals surface area (Å²) < 4.78 is 19.2. The molecule has 33 heavy (non-hydrogen) atoms. The van der Waals surface area contributed by atoms with E-state index in [1.54, 1.807) is 43.5 Å². The summed E-state index contributed by atoms with van der Waals surface area (Å²) in [7, 11) is 1.61. The quantitative estimate of drug-likeness (QED) is 0.418. The largest absolute Gasteiger partial charge is 0.497 e. The van der Waals surface area contributed by atoms with Crippen molar-refractivity contribution in [2.75, 3.05) is 12.4 Å². The first-order valence-corrected chi connectivity index (χ1v) is 10.6. The monoisotopic (exact) mass is 444 g/mol. The van der Waals surface area contributed by atoms with E-state index in [1.165, 1.54) is 18.2 Å². The number of methoxy groups -OCH3 is 1. The van der Waals surface area contributed by atoms with Crippen LogP contribution in [0.25, 0.3) is 5.70 Å². The highest BCUT2D eigenvalue weighted by Gasteiger charge is 2.28. The molecule has 5 nitrogen and oxygen atoms in total. The van der Waals surface area contributed by atoms with Gasteiger partial charge in [0.2, 0.25) is 0 Å². The van der Waals surface area contributed by atoms with Crippen LogP contribution in [-0.2, 0) is 6.42 Å². The summed E-state index contributed by atoms with van der Waals surface area (Å²) in [6, 6.07) is 18.2. The number of benzene rings is 3. The van der Waals surface area contributed by atoms with E-state index in [2.05, 4.69) is 24.5 Å². The summed E-state index contributed by atoms with van der Waals surface area (Å²) >= 11 is 0. The molecule has 3 aromatic rings. The number of amides is 1. The molecule has 0 bridgehead atoms. The number of nitrogens with one attached hydrogen (secondary N) is 2. The SMILES string of the molecule is COc1ccc2c(c1)C(=CC(=O)c1ccc(NC(=O)c3ccccc3F)cc1)NC(C)(C)C2. The lowest BCUT2D eigenvalue weighted by atomic mass is 9.85. The molecule has 1 amide bonds. The maximum Gasteiger partial charge on any atom is 0.258 e. The number of halogens is 1. The van der Waals surface area contributed by atoms with Crippen molar-refractivity contribution in [1.82, 2.24) is 5.32 Å². The fourth-order valence-electron chi connectivity index (χ4n) is 3.93. The van der Waals surface area contributed by atoms with Crippen molar-refractivity contribution in [2.45, 2.75) is 25.8 Å². The number of rotatable bonds is 5. The molecule has 0 saturated carbocycles. The Morgan fingerprint density at radius 2 is 1.79 bits per heavy atom. The van der Waals surface area contributed by atoms with E-state index in [1.807, 2.05) is 18.2 Å². The molecule has 4 rings (SSSR count). The Labute approximate surface area is 192 Å². The zero-order valence-electron chi connectivity index (χ0n) is 18.7. The lowest BCUT2D eigenvalue weighted by Crippen LogP contribution is -2.43. The smallest absolute Gasteiger partial charge is 0.258 e. The molecule has 0 atom stereocenters. The van der Waals surface area contributed by atoms with Crippen molar-refractivity contribution in [3.63, 3.8) is 0 Å². The van der Waals surface area contributed by atoms with E-state index in [0.717, 1.165) is 29.0 Å². The Hall–Kier alpha value is -3.93. The highest BCUT2D eigenvalue weighted by molar-refractivity contribution is 6.09. The number of hydrogen-bond acceptors (Lipinski definition) is 4. The Morgan fingerprint density at radius 1 is 1.06 bits per heavy atom. The number of ketones is 1. The van der Waals surface area contributed by atoms with Crippen LogP contribution < -0.4 is 15.4 Å². The summed E-state index contributed by atoms with van der Waals surface area (Å²) in [6.07, 6.45) is 2.42. The first-order chi connectivity index (χ1) is 15.8. The molecule has 1 heterocycles. The molecule has 0 aromatic heterocycles. The van der Waals surface area contributed by atoms with Crippen molar-refractivity contribution in [3.8, 4) is 5.75 Å². The molecule has 6 heteroatoms. The molecular formula is C27H25FN2O3. The van der Waals surface area contributed by atoms with E-state index in [0.29, 0.717) is 11.3 Å². The fraction of sp³-hybridized carbons (Fsp3) is 0.185. The van der Waals surface area contributed by atoms with Gasteiger partial charge in [-0.2, -0.15) is 0 Å². The molecular weight excluding hydrogens is 419 g/mol. The van der Waals surface area contributed by atoms with Gasteiger partial charge in [-0.1, -0.05) is 18.2 Å². The van der Waals surface area contributed by atoms with Crippen LogP contribution in [0.2, 0.25) is 0 Å². The Morgan fingerprint density at radius 3 is 2.48 bits per heavy atom. The molecule has 0 radical (unpaired) electrons. The van der Waals surface area contributed by atoms with Gasteiger partial charge in [0.05, 0.1) is 12.7 Å². The van der Waals surface area contributed by atoms with Gasteiger partial charge in [0, 0.05) is 34.1 Å². The average molecular weight is 445 g/mol. The number of fused-ring (bicyclic) bond motifs is 1. The predicted octanol–water partition coefficient (Wildman–Crippen LogP) is 5.23. The van der Waals surface area contributed by atoms with Crippen molar-refractivity contribution in [1.29, 1.82) is 0 Å². The van der Waals surface area contributed by atoms with Gasteiger partial charge in [0.1, 0.15) is 11.6 Å². The highest BCUT2D eigenvalue weighted by Crippen LogP contribution is 2.32. The van der Waals surface area contributed by atoms with Crippen LogP contribution in [0.5, 0.6) is 5.75 Å². The van der Waals surface area contributed by atoms with Gasteiger partial charge >= 0.3 is 0 Å². The first kappa shape index (κ1) is 22.3. The maximum atomic E-state index is 13.8. The number of ether oxygens (including phenoxy) is 1. The molecule has 1 aliphatic rings. The third-order valence-corrected chi connectivity index (χ3v) is 5.53. The maximum absolute atomic E-state index is 13.8. The molecule has 0 aliphatic carbocycles. The molecule has 2 N–H and O–H groups in total. The van der Waals surface area contributed by atoms with Gasteiger partial charge in [-0.25, -0.2) is 4.39 Å². The zero-order valence-corrected chi connectivity index (χ0v) is 18.7. The minimum atomic E-state index is -0.590. The van der Waals surface area contributed by atoms with Crippen LogP contribution in [0.1, 0.15) is 45.7 Å². The van der Waals surface area contributed by atoms with E-state index >= 15 is 0 Å². The third-order valence-electron chi connectivity index (χ3n) is 5.53. The topological polar surface area (TPSA) is 67.4 Å². The standard InChI is InChI=1S/C27H25FN2O3/c1-27(2)16-18-10-13-20(33-3)14-22(18)24(30-27)15-25(31)17-8-11-19(12-9-17)29-26(32)21-6-4-5-7-23(21)28/h4-15,30H,16H2,1-3H3,(H,29,32). The minimum absolute atomic E-state index is 0.0394. The lowest BCUT2D eigenvalue weighted by Gasteiger charge is -2.35. The van der Waals surface area contributed by atoms with Gasteiger partial charge in [0.25, 0.3) is 5.91 Å². The first-order valence-electron chi connectivity index (χ1n) is 10.6. The average Bonchev–Trinajstić information content (AvgIpc) is 2.79. The fourth-order valence-corrected chi connectivity index (χ4v) is 3.93. The van der Waals surface area contributed by atoms with E-state index in [9.17, 15) is 14.0 Å². The number of allylic oxidation sites excluding steroid dienone is 1. The van der Waals surface area contributed by atoms with Crippen molar-refractivity contribution >= 4 is 23.1 Å². The third kappa shape index (κ3) is 4.95. The molecule has 0 spiro atoms. The lowest BCUT2D eigenvalue weighted by molar-refractivity contribution is 0.102. The van der Waals surface area contributed by atoms with Gasteiger partial charge in [-0.05, 0) is 74.4 Å². The van der Waals surface area contributed by atoms with Crippen LogP contribution in [0, 0.1) is 5.82 Å². The second-order valence-corrected chi connectivity index (χ2v) is 8.64. The number of anilines is 1. The van der Waals surface area contributed by atoms with E-state index < -0.39 is 11.7 Å². The number of carbonyl (C=O) groups is 2. The van der Waals surface area contributed by atoms with Crippen LogP contribution in [0.15, 0.2) is 72.8 Å². The molecule has 1 aliphatic heterocycles. The normalized spacial score (nSPS) is 15.3. The Kier molecular flexibility index (Phi) is 6.01. The number of carbonyl (C=O) groups excluding carboxylic acids is 2. The van der Waals surface area contributed by atoms with Crippen LogP contribution in [-0.4, -0.2) is 24.3 Å². The second-order valence-electron chi connectivity index (χ2n) is 8.64. The van der Waals surface area contributed by atoms with Gasteiger partial charge in [0.15, 0.2) is 5.78 Å². The zero-order chi connectivity index (χ0) is 23.6. The molecule has 0 fully saturated rings. The highest BCUT2D eigenvalue weighted by atomic mass is 19.1. The number of hydrogen-bond donors (Lipinski definition) is 2. The summed E-state index contributed by atoms with van der Waals surface area (Å²) in [5.74, 6) is -0.582. The molecule has 0 unspecified atom stereocenters. The summed E-state index contributed by atoms with van der Waals surface area (Å²) in [4.78, 5) is 25.3.